The standard InChI is InChI=1S/C21H22F2N2O3/c22-17-8-9-19(18(23)12-17)25(21(28)24-10-2-1-3-11-24)13-15-4-6-16(7-5-15)20(27)14-26/h4-9,12,26H,1-3,10-11,13-14H2. The van der Waals surface area contributed by atoms with E-state index in [1.54, 1.807) is 29.2 Å². The molecule has 0 atom stereocenters. The molecule has 0 aromatic heterocycles. The Morgan fingerprint density at radius 3 is 2.29 bits per heavy atom. The number of ketones is 1. The lowest BCUT2D eigenvalue weighted by molar-refractivity contribution is 0.0903. The monoisotopic (exact) mass is 388 g/mol. The van der Waals surface area contributed by atoms with Crippen LogP contribution in [0.5, 0.6) is 0 Å². The number of anilines is 1. The third kappa shape index (κ3) is 4.54. The third-order valence-electron chi connectivity index (χ3n) is 4.82. The quantitative estimate of drug-likeness (QED) is 0.794. The number of urea groups is 1. The van der Waals surface area contributed by atoms with E-state index in [4.69, 9.17) is 5.11 Å². The van der Waals surface area contributed by atoms with Gasteiger partial charge in [-0.3, -0.25) is 9.69 Å². The molecule has 2 aromatic rings. The first-order valence-corrected chi connectivity index (χ1v) is 9.24. The van der Waals surface area contributed by atoms with Gasteiger partial charge in [0.15, 0.2) is 5.78 Å². The minimum absolute atomic E-state index is 0.00693. The normalized spacial score (nSPS) is 14.0. The van der Waals surface area contributed by atoms with Gasteiger partial charge in [0.1, 0.15) is 18.2 Å². The molecule has 2 amide bonds. The molecule has 1 N–H and O–H groups in total. The fraction of sp³-hybridized carbons (Fsp3) is 0.333. The molecule has 0 bridgehead atoms. The number of likely N-dealkylation sites (tertiary alicyclic amines) is 1. The Bertz CT molecular complexity index is 849. The highest BCUT2D eigenvalue weighted by atomic mass is 19.1. The number of piperidine rings is 1. The highest BCUT2D eigenvalue weighted by molar-refractivity contribution is 5.97. The first kappa shape index (κ1) is 19.9. The highest BCUT2D eigenvalue weighted by Crippen LogP contribution is 2.25. The molecule has 0 spiro atoms. The van der Waals surface area contributed by atoms with Gasteiger partial charge in [-0.2, -0.15) is 0 Å². The molecule has 0 aliphatic carbocycles. The number of nitrogens with zero attached hydrogens (tertiary/aromatic N) is 2. The molecule has 1 saturated heterocycles. The van der Waals surface area contributed by atoms with E-state index >= 15 is 0 Å². The molecular weight excluding hydrogens is 366 g/mol. The van der Waals surface area contributed by atoms with E-state index in [1.165, 1.54) is 11.0 Å². The van der Waals surface area contributed by atoms with Crippen LogP contribution in [0, 0.1) is 11.6 Å². The maximum Gasteiger partial charge on any atom is 0.324 e. The van der Waals surface area contributed by atoms with Gasteiger partial charge in [-0.1, -0.05) is 24.3 Å². The summed E-state index contributed by atoms with van der Waals surface area (Å²) in [5.74, 6) is -1.92. The zero-order valence-corrected chi connectivity index (χ0v) is 15.4. The predicted octanol–water partition coefficient (Wildman–Crippen LogP) is 3.75. The van der Waals surface area contributed by atoms with Crippen molar-refractivity contribution in [1.82, 2.24) is 4.90 Å². The van der Waals surface area contributed by atoms with Crippen molar-refractivity contribution in [2.24, 2.45) is 0 Å². The lowest BCUT2D eigenvalue weighted by Crippen LogP contribution is -2.45. The summed E-state index contributed by atoms with van der Waals surface area (Å²) in [7, 11) is 0. The summed E-state index contributed by atoms with van der Waals surface area (Å²) in [6, 6.07) is 9.22. The van der Waals surface area contributed by atoms with E-state index in [1.807, 2.05) is 0 Å². The lowest BCUT2D eigenvalue weighted by Gasteiger charge is -2.33. The maximum atomic E-state index is 14.4. The number of halogens is 2. The van der Waals surface area contributed by atoms with Gasteiger partial charge in [0, 0.05) is 24.7 Å². The molecule has 0 saturated carbocycles. The number of aliphatic hydroxyl groups excluding tert-OH is 1. The van der Waals surface area contributed by atoms with Crippen molar-refractivity contribution in [3.8, 4) is 0 Å². The Hall–Kier alpha value is -2.80. The van der Waals surface area contributed by atoms with Crippen LogP contribution in [-0.4, -0.2) is 41.5 Å². The van der Waals surface area contributed by atoms with E-state index < -0.39 is 24.0 Å². The van der Waals surface area contributed by atoms with Gasteiger partial charge < -0.3 is 10.0 Å². The summed E-state index contributed by atoms with van der Waals surface area (Å²) >= 11 is 0. The van der Waals surface area contributed by atoms with E-state index in [-0.39, 0.29) is 18.3 Å². The van der Waals surface area contributed by atoms with Crippen molar-refractivity contribution < 1.29 is 23.5 Å². The van der Waals surface area contributed by atoms with E-state index in [0.717, 1.165) is 31.4 Å². The number of Topliss-reactive ketones (excluding diaryl/α,β-unsaturated/α-hetero) is 1. The first-order valence-electron chi connectivity index (χ1n) is 9.24. The van der Waals surface area contributed by atoms with Gasteiger partial charge in [-0.15, -0.1) is 0 Å². The van der Waals surface area contributed by atoms with Crippen molar-refractivity contribution in [3.63, 3.8) is 0 Å². The molecule has 1 fully saturated rings. The summed E-state index contributed by atoms with van der Waals surface area (Å²) in [6.45, 7) is 0.690. The number of carbonyl (C=O) groups is 2. The second kappa shape index (κ2) is 8.93. The fourth-order valence-corrected chi connectivity index (χ4v) is 3.28. The SMILES string of the molecule is O=C(CO)c1ccc(CN(C(=O)N2CCCCC2)c2ccc(F)cc2F)cc1. The maximum absolute atomic E-state index is 14.4. The molecule has 5 nitrogen and oxygen atoms in total. The molecule has 2 aromatic carbocycles. The molecule has 3 rings (SSSR count). The molecule has 1 aliphatic heterocycles. The van der Waals surface area contributed by atoms with Crippen molar-refractivity contribution >= 4 is 17.5 Å². The second-order valence-electron chi connectivity index (χ2n) is 6.79. The summed E-state index contributed by atoms with van der Waals surface area (Å²) in [4.78, 5) is 27.6. The van der Waals surface area contributed by atoms with Crippen molar-refractivity contribution in [3.05, 3.63) is 65.2 Å². The average molecular weight is 388 g/mol. The van der Waals surface area contributed by atoms with Crippen LogP contribution in [0.15, 0.2) is 42.5 Å². The number of aliphatic hydroxyl groups is 1. The largest absolute Gasteiger partial charge is 0.388 e. The highest BCUT2D eigenvalue weighted by Gasteiger charge is 2.26. The molecule has 7 heteroatoms. The summed E-state index contributed by atoms with van der Waals surface area (Å²) < 4.78 is 27.8. The lowest BCUT2D eigenvalue weighted by atomic mass is 10.1. The van der Waals surface area contributed by atoms with Crippen LogP contribution in [-0.2, 0) is 6.54 Å². The van der Waals surface area contributed by atoms with Crippen LogP contribution in [0.2, 0.25) is 0 Å². The molecular formula is C21H22F2N2O3. The Kier molecular flexibility index (Phi) is 6.36. The number of hydrogen-bond donors (Lipinski definition) is 1. The molecule has 0 radical (unpaired) electrons. The minimum atomic E-state index is -0.808. The van der Waals surface area contributed by atoms with Gasteiger partial charge in [0.2, 0.25) is 0 Å². The van der Waals surface area contributed by atoms with Crippen LogP contribution in [0.4, 0.5) is 19.3 Å². The zero-order chi connectivity index (χ0) is 20.1. The first-order chi connectivity index (χ1) is 13.5. The smallest absolute Gasteiger partial charge is 0.324 e. The van der Waals surface area contributed by atoms with Crippen molar-refractivity contribution in [1.29, 1.82) is 0 Å². The molecule has 1 aliphatic rings. The predicted molar refractivity (Wildman–Crippen MR) is 101 cm³/mol. The number of rotatable bonds is 5. The van der Waals surface area contributed by atoms with E-state index in [2.05, 4.69) is 0 Å². The van der Waals surface area contributed by atoms with Crippen LogP contribution in [0.25, 0.3) is 0 Å². The van der Waals surface area contributed by atoms with Gasteiger partial charge in [-0.25, -0.2) is 13.6 Å². The summed E-state index contributed by atoms with van der Waals surface area (Å²) in [6.07, 6.45) is 2.84. The van der Waals surface area contributed by atoms with Crippen LogP contribution >= 0.6 is 0 Å². The fourth-order valence-electron chi connectivity index (χ4n) is 3.28. The van der Waals surface area contributed by atoms with Crippen molar-refractivity contribution in [2.45, 2.75) is 25.8 Å². The molecule has 148 valence electrons. The van der Waals surface area contributed by atoms with E-state index in [0.29, 0.717) is 24.2 Å². The Balaban J connectivity index is 1.89. The zero-order valence-electron chi connectivity index (χ0n) is 15.4. The topological polar surface area (TPSA) is 60.9 Å². The van der Waals surface area contributed by atoms with Crippen LogP contribution in [0.1, 0.15) is 35.2 Å². The molecule has 28 heavy (non-hydrogen) atoms. The molecule has 0 unspecified atom stereocenters. The number of carbonyl (C=O) groups excluding carboxylic acids is 2. The van der Waals surface area contributed by atoms with Crippen LogP contribution in [0.3, 0.4) is 0 Å². The number of benzene rings is 2. The Morgan fingerprint density at radius 1 is 1.00 bits per heavy atom. The summed E-state index contributed by atoms with van der Waals surface area (Å²) in [5, 5.41) is 8.94. The Labute approximate surface area is 162 Å². The van der Waals surface area contributed by atoms with E-state index in [9.17, 15) is 18.4 Å². The summed E-state index contributed by atoms with van der Waals surface area (Å²) in [5.41, 5.74) is 1.05. The average Bonchev–Trinajstić information content (AvgIpc) is 2.72. The second-order valence-corrected chi connectivity index (χ2v) is 6.79. The van der Waals surface area contributed by atoms with Gasteiger partial charge in [-0.05, 0) is 37.0 Å². The minimum Gasteiger partial charge on any atom is -0.388 e. The van der Waals surface area contributed by atoms with Gasteiger partial charge in [0.25, 0.3) is 0 Å². The van der Waals surface area contributed by atoms with Gasteiger partial charge in [0.05, 0.1) is 12.2 Å². The van der Waals surface area contributed by atoms with Crippen LogP contribution < -0.4 is 4.90 Å². The van der Waals surface area contributed by atoms with Crippen molar-refractivity contribution in [2.75, 3.05) is 24.6 Å². The Morgan fingerprint density at radius 2 is 1.68 bits per heavy atom. The third-order valence-corrected chi connectivity index (χ3v) is 4.82. The number of amides is 2. The van der Waals surface area contributed by atoms with Gasteiger partial charge >= 0.3 is 6.03 Å². The number of hydrogen-bond acceptors (Lipinski definition) is 3. The molecule has 1 heterocycles.